The molecule has 0 fully saturated rings. The molecule has 4 aromatic rings. The molecule has 0 amide bonds. The van der Waals surface area contributed by atoms with Gasteiger partial charge in [0.05, 0.1) is 42.5 Å². The van der Waals surface area contributed by atoms with Crippen LogP contribution in [0.4, 0.5) is 13.2 Å². The lowest BCUT2D eigenvalue weighted by molar-refractivity contribution is -0.141. The fourth-order valence-corrected chi connectivity index (χ4v) is 6.72. The Morgan fingerprint density at radius 1 is 1.35 bits per heavy atom. The fourth-order valence-electron chi connectivity index (χ4n) is 2.75. The molecule has 0 aromatic carbocycles. The third-order valence-corrected chi connectivity index (χ3v) is 7.86. The van der Waals surface area contributed by atoms with Crippen molar-refractivity contribution in [2.24, 2.45) is 7.05 Å². The summed E-state index contributed by atoms with van der Waals surface area (Å²) in [5.74, 6) is 0.965. The van der Waals surface area contributed by atoms with Gasteiger partial charge in [0.15, 0.2) is 5.82 Å². The molecule has 0 bridgehead atoms. The smallest absolute Gasteiger partial charge is 0.325 e. The Morgan fingerprint density at radius 2 is 2.12 bits per heavy atom. The Hall–Kier alpha value is -1.78. The molecule has 0 saturated carbocycles. The maximum absolute atomic E-state index is 12.9. The first-order chi connectivity index (χ1) is 12.3. The Balaban J connectivity index is 1.97. The van der Waals surface area contributed by atoms with Crippen LogP contribution in [0.2, 0.25) is 0 Å². The van der Waals surface area contributed by atoms with Gasteiger partial charge in [-0.15, -0.1) is 22.7 Å². The summed E-state index contributed by atoms with van der Waals surface area (Å²) in [7, 11) is 0.527. The molecule has 26 heavy (non-hydrogen) atoms. The highest BCUT2D eigenvalue weighted by molar-refractivity contribution is 7.85. The van der Waals surface area contributed by atoms with Gasteiger partial charge in [0.1, 0.15) is 5.69 Å². The van der Waals surface area contributed by atoms with Crippen molar-refractivity contribution in [3.63, 3.8) is 0 Å². The minimum Gasteiger partial charge on any atom is -0.325 e. The van der Waals surface area contributed by atoms with Gasteiger partial charge in [-0.1, -0.05) is 6.92 Å². The third kappa shape index (κ3) is 2.67. The van der Waals surface area contributed by atoms with Gasteiger partial charge in [0.2, 0.25) is 0 Å². The summed E-state index contributed by atoms with van der Waals surface area (Å²) in [4.78, 5) is 9.37. The SMILES string of the molecule is CCS(=O)c1c(-c2nc3cc(C(F)(F)F)ncc3n2C)sc2ccsc12. The molecule has 4 heterocycles. The molecule has 4 aromatic heterocycles. The van der Waals surface area contributed by atoms with Gasteiger partial charge in [-0.25, -0.2) is 9.97 Å². The van der Waals surface area contributed by atoms with E-state index in [0.717, 1.165) is 20.3 Å². The molecular formula is C16H12F3N3OS3. The van der Waals surface area contributed by atoms with Crippen LogP contribution in [0.15, 0.2) is 28.6 Å². The zero-order valence-corrected chi connectivity index (χ0v) is 16.1. The van der Waals surface area contributed by atoms with Gasteiger partial charge < -0.3 is 4.57 Å². The van der Waals surface area contributed by atoms with Gasteiger partial charge in [-0.05, 0) is 17.5 Å². The largest absolute Gasteiger partial charge is 0.433 e. The van der Waals surface area contributed by atoms with Crippen LogP contribution >= 0.6 is 22.7 Å². The first-order valence-corrected chi connectivity index (χ1v) is 10.6. The summed E-state index contributed by atoms with van der Waals surface area (Å²) in [5, 5.41) is 1.94. The topological polar surface area (TPSA) is 47.8 Å². The summed E-state index contributed by atoms with van der Waals surface area (Å²) < 4.78 is 55.1. The van der Waals surface area contributed by atoms with Crippen LogP contribution in [0.5, 0.6) is 0 Å². The van der Waals surface area contributed by atoms with E-state index in [1.54, 1.807) is 11.6 Å². The maximum Gasteiger partial charge on any atom is 0.433 e. The lowest BCUT2D eigenvalue weighted by atomic mass is 10.3. The first kappa shape index (κ1) is 17.6. The van der Waals surface area contributed by atoms with Crippen molar-refractivity contribution in [2.45, 2.75) is 18.0 Å². The van der Waals surface area contributed by atoms with Crippen molar-refractivity contribution in [1.82, 2.24) is 14.5 Å². The highest BCUT2D eigenvalue weighted by atomic mass is 32.2. The van der Waals surface area contributed by atoms with Crippen molar-refractivity contribution in [3.8, 4) is 10.7 Å². The van der Waals surface area contributed by atoms with Gasteiger partial charge in [0.25, 0.3) is 0 Å². The quantitative estimate of drug-likeness (QED) is 0.470. The Bertz CT molecular complexity index is 1160. The van der Waals surface area contributed by atoms with E-state index in [2.05, 4.69) is 9.97 Å². The number of hydrogen-bond acceptors (Lipinski definition) is 5. The predicted octanol–water partition coefficient (Wildman–Crippen LogP) is 5.06. The van der Waals surface area contributed by atoms with Crippen molar-refractivity contribution in [2.75, 3.05) is 5.75 Å². The van der Waals surface area contributed by atoms with Crippen molar-refractivity contribution in [3.05, 3.63) is 29.4 Å². The minimum atomic E-state index is -4.52. The van der Waals surface area contributed by atoms with E-state index in [-0.39, 0.29) is 5.52 Å². The van der Waals surface area contributed by atoms with Crippen molar-refractivity contribution in [1.29, 1.82) is 0 Å². The van der Waals surface area contributed by atoms with Gasteiger partial charge in [-0.3, -0.25) is 4.21 Å². The lowest BCUT2D eigenvalue weighted by Crippen LogP contribution is -2.07. The highest BCUT2D eigenvalue weighted by Crippen LogP contribution is 2.43. The van der Waals surface area contributed by atoms with Crippen LogP contribution in [0.1, 0.15) is 12.6 Å². The van der Waals surface area contributed by atoms with Crippen LogP contribution in [0.25, 0.3) is 31.1 Å². The summed E-state index contributed by atoms with van der Waals surface area (Å²) in [6, 6.07) is 2.90. The van der Waals surface area contributed by atoms with E-state index in [1.165, 1.54) is 28.9 Å². The standard InChI is InChI=1S/C16H12F3N3OS3/c1-3-26(23)14-12-10(4-5-24-12)25-13(14)15-21-8-6-11(16(17,18)19)20-7-9(8)22(15)2/h4-7H,3H2,1-2H3. The minimum absolute atomic E-state index is 0.217. The number of pyridine rings is 1. The van der Waals surface area contributed by atoms with Crippen molar-refractivity contribution < 1.29 is 17.4 Å². The molecule has 1 unspecified atom stereocenters. The molecule has 0 aliphatic heterocycles. The average molecular weight is 415 g/mol. The zero-order valence-electron chi connectivity index (χ0n) is 13.6. The molecule has 136 valence electrons. The molecule has 0 N–H and O–H groups in total. The van der Waals surface area contributed by atoms with E-state index in [4.69, 9.17) is 0 Å². The second kappa shape index (κ2) is 6.14. The number of fused-ring (bicyclic) bond motifs is 2. The lowest BCUT2D eigenvalue weighted by Gasteiger charge is -2.05. The number of alkyl halides is 3. The average Bonchev–Trinajstić information content (AvgIpc) is 3.25. The summed E-state index contributed by atoms with van der Waals surface area (Å²) in [6.45, 7) is 1.84. The molecule has 0 aliphatic carbocycles. The highest BCUT2D eigenvalue weighted by Gasteiger charge is 2.33. The summed E-state index contributed by atoms with van der Waals surface area (Å²) in [6.07, 6.45) is -3.34. The van der Waals surface area contributed by atoms with E-state index in [9.17, 15) is 17.4 Å². The van der Waals surface area contributed by atoms with Gasteiger partial charge in [-0.2, -0.15) is 13.2 Å². The second-order valence-electron chi connectivity index (χ2n) is 5.56. The Labute approximate surface area is 156 Å². The number of thiophene rings is 2. The molecular weight excluding hydrogens is 403 g/mol. The number of hydrogen-bond donors (Lipinski definition) is 0. The number of halogens is 3. The van der Waals surface area contributed by atoms with E-state index in [0.29, 0.717) is 22.0 Å². The van der Waals surface area contributed by atoms with E-state index < -0.39 is 22.7 Å². The van der Waals surface area contributed by atoms with Crippen LogP contribution in [-0.2, 0) is 24.0 Å². The zero-order chi connectivity index (χ0) is 18.6. The van der Waals surface area contributed by atoms with Crippen LogP contribution in [0, 0.1) is 0 Å². The maximum atomic E-state index is 12.9. The molecule has 0 aliphatic rings. The number of imidazole rings is 1. The molecule has 0 spiro atoms. The summed E-state index contributed by atoms with van der Waals surface area (Å²) in [5.41, 5.74) is -0.257. The fraction of sp³-hybridized carbons (Fsp3) is 0.250. The molecule has 0 radical (unpaired) electrons. The van der Waals surface area contributed by atoms with E-state index in [1.807, 2.05) is 18.4 Å². The second-order valence-corrected chi connectivity index (χ2v) is 9.20. The molecule has 0 saturated heterocycles. The Morgan fingerprint density at radius 3 is 2.81 bits per heavy atom. The number of rotatable bonds is 3. The van der Waals surface area contributed by atoms with Crippen LogP contribution in [-0.4, -0.2) is 24.5 Å². The van der Waals surface area contributed by atoms with Gasteiger partial charge in [0, 0.05) is 17.5 Å². The Kier molecular flexibility index (Phi) is 4.16. The monoisotopic (exact) mass is 415 g/mol. The number of aryl methyl sites for hydroxylation is 1. The van der Waals surface area contributed by atoms with Crippen molar-refractivity contribution >= 4 is 53.9 Å². The third-order valence-electron chi connectivity index (χ3n) is 4.00. The van der Waals surface area contributed by atoms with E-state index >= 15 is 0 Å². The summed E-state index contributed by atoms with van der Waals surface area (Å²) >= 11 is 2.97. The van der Waals surface area contributed by atoms with Gasteiger partial charge >= 0.3 is 6.18 Å². The number of nitrogens with zero attached hydrogens (tertiary/aromatic N) is 3. The van der Waals surface area contributed by atoms with Crippen LogP contribution < -0.4 is 0 Å². The molecule has 4 rings (SSSR count). The molecule has 10 heteroatoms. The molecule has 1 atom stereocenters. The number of aromatic nitrogens is 3. The first-order valence-electron chi connectivity index (χ1n) is 7.59. The predicted molar refractivity (Wildman–Crippen MR) is 99.2 cm³/mol. The van der Waals surface area contributed by atoms with Crippen LogP contribution in [0.3, 0.4) is 0 Å². The normalized spacial score (nSPS) is 13.7. The molecule has 4 nitrogen and oxygen atoms in total.